The fraction of sp³-hybridized carbons (Fsp3) is 0.435. The Kier molecular flexibility index (Phi) is 3.91. The molecule has 8 heteroatoms. The Hall–Kier alpha value is -3.03. The van der Waals surface area contributed by atoms with Gasteiger partial charge in [0, 0.05) is 43.2 Å². The van der Waals surface area contributed by atoms with E-state index in [9.17, 15) is 13.6 Å². The number of rotatable bonds is 3. The minimum atomic E-state index is -0.600. The molecule has 1 amide bonds. The Morgan fingerprint density at radius 2 is 1.90 bits per heavy atom. The van der Waals surface area contributed by atoms with Gasteiger partial charge in [0.25, 0.3) is 5.91 Å². The van der Waals surface area contributed by atoms with E-state index >= 15 is 0 Å². The third-order valence-electron chi connectivity index (χ3n) is 7.03. The van der Waals surface area contributed by atoms with E-state index in [2.05, 4.69) is 5.10 Å². The summed E-state index contributed by atoms with van der Waals surface area (Å²) in [5.41, 5.74) is 4.56. The number of aromatic nitrogens is 4. The average Bonchev–Trinajstić information content (AvgIpc) is 3.30. The normalized spacial score (nSPS) is 22.1. The van der Waals surface area contributed by atoms with Gasteiger partial charge in [0.15, 0.2) is 0 Å². The molecule has 4 heterocycles. The number of hydrogen-bond acceptors (Lipinski definition) is 3. The monoisotopic (exact) mass is 423 g/mol. The van der Waals surface area contributed by atoms with Gasteiger partial charge in [0.2, 0.25) is 0 Å². The smallest absolute Gasteiger partial charge is 0.258 e. The first kappa shape index (κ1) is 18.7. The molecule has 0 radical (unpaired) electrons. The molecule has 2 aliphatic heterocycles. The van der Waals surface area contributed by atoms with E-state index in [-0.39, 0.29) is 18.0 Å². The lowest BCUT2D eigenvalue weighted by Gasteiger charge is -2.34. The number of benzene rings is 1. The first-order chi connectivity index (χ1) is 14.9. The number of aryl methyl sites for hydroxylation is 2. The Balaban J connectivity index is 1.41. The van der Waals surface area contributed by atoms with E-state index in [1.165, 1.54) is 12.1 Å². The van der Waals surface area contributed by atoms with Gasteiger partial charge in [0.05, 0.1) is 34.9 Å². The summed E-state index contributed by atoms with van der Waals surface area (Å²) in [5.74, 6) is -0.751. The van der Waals surface area contributed by atoms with Crippen LogP contribution in [0.5, 0.6) is 0 Å². The maximum Gasteiger partial charge on any atom is 0.258 e. The first-order valence-electron chi connectivity index (χ1n) is 10.8. The number of nitrogens with zero attached hydrogens (tertiary/aromatic N) is 5. The van der Waals surface area contributed by atoms with Crippen LogP contribution in [0.4, 0.5) is 8.78 Å². The zero-order valence-electron chi connectivity index (χ0n) is 17.5. The molecule has 2 fully saturated rings. The molecule has 2 bridgehead atoms. The molecule has 160 valence electrons. The van der Waals surface area contributed by atoms with Gasteiger partial charge in [0.1, 0.15) is 11.6 Å². The van der Waals surface area contributed by atoms with Gasteiger partial charge in [-0.05, 0) is 44.2 Å². The predicted octanol–water partition coefficient (Wildman–Crippen LogP) is 3.88. The van der Waals surface area contributed by atoms with Crippen LogP contribution in [0.3, 0.4) is 0 Å². The van der Waals surface area contributed by atoms with Crippen molar-refractivity contribution in [1.82, 2.24) is 24.5 Å². The highest BCUT2D eigenvalue weighted by atomic mass is 19.1. The van der Waals surface area contributed by atoms with Gasteiger partial charge in [-0.2, -0.15) is 10.2 Å². The molecule has 1 aromatic carbocycles. The van der Waals surface area contributed by atoms with E-state index < -0.39 is 11.6 Å². The molecule has 1 saturated heterocycles. The molecule has 31 heavy (non-hydrogen) atoms. The van der Waals surface area contributed by atoms with E-state index in [1.54, 1.807) is 17.9 Å². The summed E-state index contributed by atoms with van der Waals surface area (Å²) < 4.78 is 31.5. The standard InChI is InChI=1S/C23H23F2N5O/c1-28-21(12-3-4-12)17(11-26-28)23(31)30-14-6-8-19(30)20-16(10-14)22(29(2)27-20)15-7-5-13(24)9-18(15)25/h5,7,9,11-12,14,19H,3-4,6,8,10H2,1-2H3. The van der Waals surface area contributed by atoms with Gasteiger partial charge in [-0.15, -0.1) is 0 Å². The molecule has 0 N–H and O–H groups in total. The van der Waals surface area contributed by atoms with Crippen molar-refractivity contribution in [3.63, 3.8) is 0 Å². The Morgan fingerprint density at radius 1 is 1.10 bits per heavy atom. The number of carbonyl (C=O) groups is 1. The van der Waals surface area contributed by atoms with Crippen molar-refractivity contribution in [3.05, 3.63) is 58.5 Å². The quantitative estimate of drug-likeness (QED) is 0.643. The lowest BCUT2D eigenvalue weighted by molar-refractivity contribution is 0.0641. The van der Waals surface area contributed by atoms with Gasteiger partial charge < -0.3 is 4.90 Å². The second kappa shape index (κ2) is 6.48. The lowest BCUT2D eigenvalue weighted by Crippen LogP contribution is -2.42. The van der Waals surface area contributed by atoms with Crippen LogP contribution in [0.25, 0.3) is 11.3 Å². The van der Waals surface area contributed by atoms with Crippen LogP contribution in [0.2, 0.25) is 0 Å². The minimum Gasteiger partial charge on any atom is -0.327 e. The maximum absolute atomic E-state index is 14.6. The first-order valence-corrected chi connectivity index (χ1v) is 10.8. The number of halogens is 2. The van der Waals surface area contributed by atoms with Crippen LogP contribution >= 0.6 is 0 Å². The van der Waals surface area contributed by atoms with Crippen LogP contribution < -0.4 is 0 Å². The highest BCUT2D eigenvalue weighted by Gasteiger charge is 2.47. The zero-order chi connectivity index (χ0) is 21.4. The minimum absolute atomic E-state index is 0.0216. The molecule has 6 rings (SSSR count). The number of carbonyl (C=O) groups excluding carboxylic acids is 1. The Labute approximate surface area is 178 Å². The van der Waals surface area contributed by atoms with Crippen molar-refractivity contribution in [2.75, 3.05) is 0 Å². The molecule has 6 nitrogen and oxygen atoms in total. The zero-order valence-corrected chi connectivity index (χ0v) is 17.5. The lowest BCUT2D eigenvalue weighted by atomic mass is 9.94. The van der Waals surface area contributed by atoms with Gasteiger partial charge >= 0.3 is 0 Å². The van der Waals surface area contributed by atoms with E-state index in [1.807, 2.05) is 16.6 Å². The summed E-state index contributed by atoms with van der Waals surface area (Å²) in [6, 6.07) is 3.57. The summed E-state index contributed by atoms with van der Waals surface area (Å²) in [5, 5.41) is 9.07. The molecule has 3 aromatic rings. The summed E-state index contributed by atoms with van der Waals surface area (Å²) in [6.07, 6.45) is 6.25. The maximum atomic E-state index is 14.6. The Bertz CT molecular complexity index is 1230. The Morgan fingerprint density at radius 3 is 2.65 bits per heavy atom. The van der Waals surface area contributed by atoms with Crippen molar-refractivity contribution in [2.24, 2.45) is 14.1 Å². The van der Waals surface area contributed by atoms with Crippen molar-refractivity contribution < 1.29 is 13.6 Å². The van der Waals surface area contributed by atoms with Crippen LogP contribution in [-0.4, -0.2) is 36.4 Å². The molecular formula is C23H23F2N5O. The summed E-state index contributed by atoms with van der Waals surface area (Å²) in [4.78, 5) is 15.6. The number of hydrogen-bond donors (Lipinski definition) is 0. The van der Waals surface area contributed by atoms with E-state index in [0.29, 0.717) is 29.2 Å². The SMILES string of the molecule is Cn1nc2c(c1-c1ccc(F)cc1F)CC1CCC2N1C(=O)c1cnn(C)c1C1CC1. The molecule has 1 aliphatic carbocycles. The third-order valence-corrected chi connectivity index (χ3v) is 7.03. The number of amides is 1. The molecule has 2 atom stereocenters. The van der Waals surface area contributed by atoms with Crippen LogP contribution in [-0.2, 0) is 20.5 Å². The van der Waals surface area contributed by atoms with E-state index in [4.69, 9.17) is 5.10 Å². The molecule has 2 aromatic heterocycles. The van der Waals surface area contributed by atoms with Crippen molar-refractivity contribution >= 4 is 5.91 Å². The fourth-order valence-electron chi connectivity index (χ4n) is 5.56. The summed E-state index contributed by atoms with van der Waals surface area (Å²) >= 11 is 0. The van der Waals surface area contributed by atoms with Gasteiger partial charge in [-0.3, -0.25) is 14.2 Å². The topological polar surface area (TPSA) is 56.0 Å². The fourth-order valence-corrected chi connectivity index (χ4v) is 5.56. The summed E-state index contributed by atoms with van der Waals surface area (Å²) in [6.45, 7) is 0. The second-order valence-electron chi connectivity index (χ2n) is 8.97. The molecule has 1 saturated carbocycles. The molecule has 0 spiro atoms. The van der Waals surface area contributed by atoms with Gasteiger partial charge in [-0.1, -0.05) is 0 Å². The van der Waals surface area contributed by atoms with Crippen molar-refractivity contribution in [1.29, 1.82) is 0 Å². The average molecular weight is 423 g/mol. The van der Waals surface area contributed by atoms with Crippen LogP contribution in [0, 0.1) is 11.6 Å². The van der Waals surface area contributed by atoms with Crippen molar-refractivity contribution in [2.45, 2.75) is 50.1 Å². The highest BCUT2D eigenvalue weighted by Crippen LogP contribution is 2.48. The van der Waals surface area contributed by atoms with Crippen LogP contribution in [0.15, 0.2) is 24.4 Å². The second-order valence-corrected chi connectivity index (χ2v) is 8.97. The molecule has 2 unspecified atom stereocenters. The van der Waals surface area contributed by atoms with Crippen molar-refractivity contribution in [3.8, 4) is 11.3 Å². The number of fused-ring (bicyclic) bond motifs is 4. The van der Waals surface area contributed by atoms with Gasteiger partial charge in [-0.25, -0.2) is 8.78 Å². The molecular weight excluding hydrogens is 400 g/mol. The molecule has 3 aliphatic rings. The predicted molar refractivity (Wildman–Crippen MR) is 109 cm³/mol. The summed E-state index contributed by atoms with van der Waals surface area (Å²) in [7, 11) is 3.68. The third kappa shape index (κ3) is 2.70. The highest BCUT2D eigenvalue weighted by molar-refractivity contribution is 5.96. The van der Waals surface area contributed by atoms with E-state index in [0.717, 1.165) is 48.7 Å². The van der Waals surface area contributed by atoms with Crippen LogP contribution in [0.1, 0.15) is 65.0 Å². The largest absolute Gasteiger partial charge is 0.327 e.